The molecule has 1 aromatic carbocycles. The molecule has 0 saturated carbocycles. The Morgan fingerprint density at radius 1 is 1.27 bits per heavy atom. The molecule has 0 fully saturated rings. The SMILES string of the molecule is CCN1CCc2c(sc3c2C(=O)N[C@H](c2cn(C)c4ccccc24)N3)C1. The quantitative estimate of drug-likeness (QED) is 0.730. The number of para-hydroxylation sites is 1. The van der Waals surface area contributed by atoms with E-state index < -0.39 is 0 Å². The minimum Gasteiger partial charge on any atom is -0.353 e. The molecule has 0 bridgehead atoms. The maximum atomic E-state index is 12.9. The number of hydrogen-bond acceptors (Lipinski definition) is 4. The first-order valence-electron chi connectivity index (χ1n) is 9.14. The second kappa shape index (κ2) is 5.86. The van der Waals surface area contributed by atoms with E-state index in [0.717, 1.165) is 42.2 Å². The van der Waals surface area contributed by atoms with Crippen molar-refractivity contribution in [2.24, 2.45) is 7.05 Å². The van der Waals surface area contributed by atoms with Crippen molar-refractivity contribution in [1.29, 1.82) is 0 Å². The summed E-state index contributed by atoms with van der Waals surface area (Å²) in [6, 6.07) is 8.32. The lowest BCUT2D eigenvalue weighted by atomic mass is 10.0. The third kappa shape index (κ3) is 2.29. The van der Waals surface area contributed by atoms with Crippen molar-refractivity contribution in [1.82, 2.24) is 14.8 Å². The molecule has 134 valence electrons. The fraction of sp³-hybridized carbons (Fsp3) is 0.350. The van der Waals surface area contributed by atoms with Gasteiger partial charge in [-0.3, -0.25) is 9.69 Å². The second-order valence-corrected chi connectivity index (χ2v) is 8.20. The van der Waals surface area contributed by atoms with Gasteiger partial charge in [0, 0.05) is 47.7 Å². The van der Waals surface area contributed by atoms with E-state index >= 15 is 0 Å². The van der Waals surface area contributed by atoms with Crippen molar-refractivity contribution in [2.75, 3.05) is 18.4 Å². The summed E-state index contributed by atoms with van der Waals surface area (Å²) < 4.78 is 2.12. The molecule has 6 heteroatoms. The first-order valence-corrected chi connectivity index (χ1v) is 9.95. The first-order chi connectivity index (χ1) is 12.7. The Balaban J connectivity index is 1.55. The van der Waals surface area contributed by atoms with Crippen LogP contribution in [0.25, 0.3) is 10.9 Å². The normalized spacial score (nSPS) is 19.8. The van der Waals surface area contributed by atoms with Gasteiger partial charge in [-0.25, -0.2) is 0 Å². The topological polar surface area (TPSA) is 49.3 Å². The molecule has 0 saturated heterocycles. The Morgan fingerprint density at radius 3 is 2.96 bits per heavy atom. The summed E-state index contributed by atoms with van der Waals surface area (Å²) in [5.41, 5.74) is 4.41. The lowest BCUT2D eigenvalue weighted by Crippen LogP contribution is -2.38. The third-order valence-electron chi connectivity index (χ3n) is 5.60. The second-order valence-electron chi connectivity index (χ2n) is 7.09. The molecule has 0 aliphatic carbocycles. The number of rotatable bonds is 2. The maximum absolute atomic E-state index is 12.9. The number of carbonyl (C=O) groups excluding carboxylic acids is 1. The smallest absolute Gasteiger partial charge is 0.256 e. The lowest BCUT2D eigenvalue weighted by Gasteiger charge is -2.27. The number of likely N-dealkylation sites (N-methyl/N-ethyl adjacent to an activating group) is 1. The van der Waals surface area contributed by atoms with Gasteiger partial charge in [0.1, 0.15) is 11.2 Å². The van der Waals surface area contributed by atoms with Crippen LogP contribution in [0.5, 0.6) is 0 Å². The predicted octanol–water partition coefficient (Wildman–Crippen LogP) is 3.47. The molecule has 1 amide bonds. The van der Waals surface area contributed by atoms with Crippen molar-refractivity contribution in [3.63, 3.8) is 0 Å². The molecule has 2 aromatic heterocycles. The first kappa shape index (κ1) is 15.9. The lowest BCUT2D eigenvalue weighted by molar-refractivity contribution is 0.0935. The fourth-order valence-corrected chi connectivity index (χ4v) is 5.51. The number of nitrogens with zero attached hydrogens (tertiary/aromatic N) is 2. The van der Waals surface area contributed by atoms with E-state index in [1.807, 2.05) is 19.2 Å². The standard InChI is InChI=1S/C20H22N4OS/c1-3-24-9-8-13-16(11-24)26-20-17(13)19(25)21-18(22-20)14-10-23(2)15-7-5-4-6-12(14)15/h4-7,10,18,22H,3,8-9,11H2,1-2H3,(H,21,25)/t18-/m0/s1. The number of amides is 1. The zero-order valence-electron chi connectivity index (χ0n) is 15.0. The van der Waals surface area contributed by atoms with Gasteiger partial charge in [0.05, 0.1) is 5.56 Å². The van der Waals surface area contributed by atoms with Crippen LogP contribution in [0.4, 0.5) is 5.00 Å². The number of benzene rings is 1. The van der Waals surface area contributed by atoms with Crippen LogP contribution in [-0.4, -0.2) is 28.5 Å². The zero-order chi connectivity index (χ0) is 17.8. The average molecular weight is 366 g/mol. The van der Waals surface area contributed by atoms with Crippen molar-refractivity contribution in [3.05, 3.63) is 52.0 Å². The summed E-state index contributed by atoms with van der Waals surface area (Å²) in [7, 11) is 2.05. The largest absolute Gasteiger partial charge is 0.353 e. The molecule has 2 N–H and O–H groups in total. The fourth-order valence-electron chi connectivity index (χ4n) is 4.20. The van der Waals surface area contributed by atoms with Crippen LogP contribution in [0, 0.1) is 0 Å². The van der Waals surface area contributed by atoms with Crippen LogP contribution in [0.3, 0.4) is 0 Å². The maximum Gasteiger partial charge on any atom is 0.256 e. The Morgan fingerprint density at radius 2 is 2.12 bits per heavy atom. The molecule has 2 aliphatic rings. The molecular formula is C20H22N4OS. The van der Waals surface area contributed by atoms with Crippen LogP contribution in [-0.2, 0) is 20.0 Å². The molecule has 26 heavy (non-hydrogen) atoms. The molecule has 0 spiro atoms. The summed E-state index contributed by atoms with van der Waals surface area (Å²) in [5.74, 6) is 0.0548. The highest BCUT2D eigenvalue weighted by Gasteiger charge is 2.33. The molecular weight excluding hydrogens is 344 g/mol. The van der Waals surface area contributed by atoms with E-state index in [2.05, 4.69) is 45.4 Å². The number of aryl methyl sites for hydroxylation is 1. The molecule has 3 aromatic rings. The highest BCUT2D eigenvalue weighted by atomic mass is 32.1. The predicted molar refractivity (Wildman–Crippen MR) is 106 cm³/mol. The van der Waals surface area contributed by atoms with Gasteiger partial charge < -0.3 is 15.2 Å². The van der Waals surface area contributed by atoms with E-state index in [1.54, 1.807) is 11.3 Å². The number of fused-ring (bicyclic) bond motifs is 4. The summed E-state index contributed by atoms with van der Waals surface area (Å²) in [6.07, 6.45) is 2.88. The highest BCUT2D eigenvalue weighted by molar-refractivity contribution is 7.16. The molecule has 5 nitrogen and oxygen atoms in total. The van der Waals surface area contributed by atoms with Gasteiger partial charge in [0.2, 0.25) is 0 Å². The van der Waals surface area contributed by atoms with Gasteiger partial charge in [-0.15, -0.1) is 11.3 Å². The van der Waals surface area contributed by atoms with Gasteiger partial charge in [-0.2, -0.15) is 0 Å². The molecule has 0 radical (unpaired) electrons. The minimum absolute atomic E-state index is 0.0548. The molecule has 4 heterocycles. The highest BCUT2D eigenvalue weighted by Crippen LogP contribution is 2.41. The summed E-state index contributed by atoms with van der Waals surface area (Å²) >= 11 is 1.75. The van der Waals surface area contributed by atoms with Crippen LogP contribution >= 0.6 is 11.3 Å². The van der Waals surface area contributed by atoms with Crippen molar-refractivity contribution < 1.29 is 4.79 Å². The van der Waals surface area contributed by atoms with E-state index in [-0.39, 0.29) is 12.1 Å². The summed E-state index contributed by atoms with van der Waals surface area (Å²) in [6.45, 7) is 5.24. The van der Waals surface area contributed by atoms with Gasteiger partial charge in [0.15, 0.2) is 0 Å². The minimum atomic E-state index is -0.191. The molecule has 5 rings (SSSR count). The molecule has 1 atom stereocenters. The van der Waals surface area contributed by atoms with Gasteiger partial charge in [-0.05, 0) is 24.6 Å². The van der Waals surface area contributed by atoms with Crippen LogP contribution < -0.4 is 10.6 Å². The van der Waals surface area contributed by atoms with Gasteiger partial charge in [-0.1, -0.05) is 25.1 Å². The number of nitrogens with one attached hydrogen (secondary N) is 2. The van der Waals surface area contributed by atoms with Crippen LogP contribution in [0.1, 0.15) is 39.5 Å². The van der Waals surface area contributed by atoms with E-state index in [1.165, 1.54) is 21.3 Å². The van der Waals surface area contributed by atoms with Gasteiger partial charge >= 0.3 is 0 Å². The van der Waals surface area contributed by atoms with Crippen molar-refractivity contribution in [2.45, 2.75) is 26.1 Å². The summed E-state index contributed by atoms with van der Waals surface area (Å²) in [5, 5.41) is 8.98. The van der Waals surface area contributed by atoms with Crippen molar-refractivity contribution in [3.8, 4) is 0 Å². The third-order valence-corrected chi connectivity index (χ3v) is 6.75. The molecule has 0 unspecified atom stereocenters. The van der Waals surface area contributed by atoms with Crippen molar-refractivity contribution >= 4 is 33.1 Å². The van der Waals surface area contributed by atoms with Gasteiger partial charge in [0.25, 0.3) is 5.91 Å². The Hall–Kier alpha value is -2.31. The number of carbonyl (C=O) groups is 1. The number of hydrogen-bond donors (Lipinski definition) is 2. The summed E-state index contributed by atoms with van der Waals surface area (Å²) in [4.78, 5) is 16.7. The van der Waals surface area contributed by atoms with Crippen LogP contribution in [0.15, 0.2) is 30.5 Å². The van der Waals surface area contributed by atoms with Crippen LogP contribution in [0.2, 0.25) is 0 Å². The number of thiophene rings is 1. The van der Waals surface area contributed by atoms with E-state index in [9.17, 15) is 4.79 Å². The zero-order valence-corrected chi connectivity index (χ0v) is 15.8. The Kier molecular flexibility index (Phi) is 3.58. The van der Waals surface area contributed by atoms with E-state index in [0.29, 0.717) is 0 Å². The van der Waals surface area contributed by atoms with E-state index in [4.69, 9.17) is 0 Å². The average Bonchev–Trinajstić information content (AvgIpc) is 3.19. The Labute approximate surface area is 156 Å². The monoisotopic (exact) mass is 366 g/mol. The number of aromatic nitrogens is 1. The Bertz CT molecular complexity index is 1020. The number of anilines is 1. The molecule has 2 aliphatic heterocycles.